The van der Waals surface area contributed by atoms with Crippen LogP contribution in [0.4, 0.5) is 4.39 Å². The maximum absolute atomic E-state index is 14.5. The van der Waals surface area contributed by atoms with Gasteiger partial charge in [-0.3, -0.25) is 4.79 Å². The Labute approximate surface area is 124 Å². The van der Waals surface area contributed by atoms with Gasteiger partial charge < -0.3 is 14.9 Å². The van der Waals surface area contributed by atoms with E-state index in [1.165, 1.54) is 13.2 Å². The van der Waals surface area contributed by atoms with Gasteiger partial charge in [-0.1, -0.05) is 35.2 Å². The summed E-state index contributed by atoms with van der Waals surface area (Å²) < 4.78 is 19.7. The number of phenols is 1. The van der Waals surface area contributed by atoms with Crippen molar-refractivity contribution in [2.45, 2.75) is 37.5 Å². The van der Waals surface area contributed by atoms with Crippen molar-refractivity contribution in [1.82, 2.24) is 0 Å². The van der Waals surface area contributed by atoms with Gasteiger partial charge in [0, 0.05) is 10.0 Å². The molecular formula is C14H16BrFO4. The van der Waals surface area contributed by atoms with Crippen LogP contribution in [0.2, 0.25) is 0 Å². The number of hydrogen-bond donors (Lipinski definition) is 2. The molecule has 0 spiro atoms. The lowest BCUT2D eigenvalue weighted by Gasteiger charge is -2.34. The van der Waals surface area contributed by atoms with E-state index >= 15 is 0 Å². The fourth-order valence-corrected chi connectivity index (χ4v) is 3.67. The summed E-state index contributed by atoms with van der Waals surface area (Å²) in [6.07, 6.45) is 3.12. The maximum atomic E-state index is 14.5. The Morgan fingerprint density at radius 1 is 1.40 bits per heavy atom. The number of aliphatic carboxylic acids is 1. The number of rotatable bonds is 3. The number of methoxy groups -OCH3 is 1. The van der Waals surface area contributed by atoms with Crippen molar-refractivity contribution in [3.8, 4) is 11.5 Å². The quantitative estimate of drug-likeness (QED) is 0.877. The average molecular weight is 347 g/mol. The summed E-state index contributed by atoms with van der Waals surface area (Å²) in [7, 11) is 1.31. The van der Waals surface area contributed by atoms with Gasteiger partial charge in [-0.25, -0.2) is 4.39 Å². The van der Waals surface area contributed by atoms with Gasteiger partial charge in [0.2, 0.25) is 0 Å². The molecule has 1 aliphatic rings. The molecule has 6 heteroatoms. The molecule has 20 heavy (non-hydrogen) atoms. The molecule has 1 saturated carbocycles. The van der Waals surface area contributed by atoms with Crippen LogP contribution in [0.5, 0.6) is 11.5 Å². The molecule has 1 aliphatic carbocycles. The average Bonchev–Trinajstić information content (AvgIpc) is 2.43. The molecule has 2 rings (SSSR count). The minimum Gasteiger partial charge on any atom is -0.502 e. The Morgan fingerprint density at radius 2 is 2.00 bits per heavy atom. The first-order valence-electron chi connectivity index (χ1n) is 6.43. The van der Waals surface area contributed by atoms with E-state index in [1.807, 2.05) is 0 Å². The minimum atomic E-state index is -1.29. The van der Waals surface area contributed by atoms with Gasteiger partial charge in [-0.05, 0) is 18.9 Å². The predicted molar refractivity (Wildman–Crippen MR) is 74.7 cm³/mol. The fourth-order valence-electron chi connectivity index (χ4n) is 2.91. The van der Waals surface area contributed by atoms with Crippen molar-refractivity contribution >= 4 is 21.9 Å². The van der Waals surface area contributed by atoms with Crippen molar-refractivity contribution in [2.24, 2.45) is 0 Å². The molecule has 1 aromatic carbocycles. The van der Waals surface area contributed by atoms with Crippen LogP contribution in [-0.2, 0) is 10.2 Å². The summed E-state index contributed by atoms with van der Waals surface area (Å²) in [5.74, 6) is -2.63. The van der Waals surface area contributed by atoms with E-state index in [9.17, 15) is 19.4 Å². The molecular weight excluding hydrogens is 331 g/mol. The highest BCUT2D eigenvalue weighted by atomic mass is 79.9. The topological polar surface area (TPSA) is 66.8 Å². The highest BCUT2D eigenvalue weighted by Gasteiger charge is 2.45. The molecule has 0 heterocycles. The Kier molecular flexibility index (Phi) is 4.22. The number of carboxylic acids is 1. The maximum Gasteiger partial charge on any atom is 0.314 e. The van der Waals surface area contributed by atoms with Crippen LogP contribution in [-0.4, -0.2) is 23.3 Å². The lowest BCUT2D eigenvalue weighted by molar-refractivity contribution is -0.145. The Hall–Kier alpha value is -1.30. The van der Waals surface area contributed by atoms with Crippen LogP contribution >= 0.6 is 15.9 Å². The predicted octanol–water partition coefficient (Wildman–Crippen LogP) is 3.59. The van der Waals surface area contributed by atoms with Crippen LogP contribution < -0.4 is 4.74 Å². The van der Waals surface area contributed by atoms with E-state index in [4.69, 9.17) is 4.74 Å². The third kappa shape index (κ3) is 2.26. The number of carboxylic acid groups (broad SMARTS) is 1. The molecule has 4 nitrogen and oxygen atoms in total. The first kappa shape index (κ1) is 15.1. The van der Waals surface area contributed by atoms with Crippen LogP contribution in [0.3, 0.4) is 0 Å². The smallest absolute Gasteiger partial charge is 0.314 e. The zero-order valence-electron chi connectivity index (χ0n) is 11.1. The highest BCUT2D eigenvalue weighted by molar-refractivity contribution is 9.10. The van der Waals surface area contributed by atoms with Gasteiger partial charge >= 0.3 is 5.97 Å². The third-order valence-corrected chi connectivity index (χ3v) is 4.60. The molecule has 0 saturated heterocycles. The first-order chi connectivity index (χ1) is 9.44. The second-order valence-electron chi connectivity index (χ2n) is 5.05. The number of halogens is 2. The molecule has 0 bridgehead atoms. The Bertz CT molecular complexity index is 538. The van der Waals surface area contributed by atoms with E-state index in [0.717, 1.165) is 19.3 Å². The molecule has 110 valence electrons. The van der Waals surface area contributed by atoms with Gasteiger partial charge in [0.05, 0.1) is 12.5 Å². The zero-order valence-corrected chi connectivity index (χ0v) is 12.7. The van der Waals surface area contributed by atoms with E-state index < -0.39 is 23.0 Å². The molecule has 0 amide bonds. The van der Waals surface area contributed by atoms with Crippen molar-refractivity contribution in [2.75, 3.05) is 7.11 Å². The number of hydrogen-bond acceptors (Lipinski definition) is 3. The first-order valence-corrected chi connectivity index (χ1v) is 7.22. The van der Waals surface area contributed by atoms with Crippen LogP contribution in [0.15, 0.2) is 10.5 Å². The van der Waals surface area contributed by atoms with Crippen molar-refractivity contribution < 1.29 is 24.1 Å². The number of benzene rings is 1. The zero-order chi connectivity index (χ0) is 14.9. The highest BCUT2D eigenvalue weighted by Crippen LogP contribution is 2.47. The Balaban J connectivity index is 2.66. The minimum absolute atomic E-state index is 0.0167. The lowest BCUT2D eigenvalue weighted by Crippen LogP contribution is -2.39. The number of phenolic OH excluding ortho intramolecular Hbond substituents is 1. The molecule has 0 aliphatic heterocycles. The summed E-state index contributed by atoms with van der Waals surface area (Å²) in [5, 5.41) is 19.4. The summed E-state index contributed by atoms with van der Waals surface area (Å²) in [4.78, 5) is 11.7. The number of carbonyl (C=O) groups is 1. The summed E-state index contributed by atoms with van der Waals surface area (Å²) in [6.45, 7) is 0. The fraction of sp³-hybridized carbons (Fsp3) is 0.500. The molecule has 2 N–H and O–H groups in total. The summed E-state index contributed by atoms with van der Waals surface area (Å²) >= 11 is 3.22. The van der Waals surface area contributed by atoms with Crippen LogP contribution in [0.25, 0.3) is 0 Å². The van der Waals surface area contributed by atoms with Crippen molar-refractivity contribution in [1.29, 1.82) is 0 Å². The third-order valence-electron chi connectivity index (χ3n) is 3.97. The van der Waals surface area contributed by atoms with Gasteiger partial charge in [-0.2, -0.15) is 0 Å². The molecule has 1 aromatic rings. The summed E-state index contributed by atoms with van der Waals surface area (Å²) in [5.41, 5.74) is -1.27. The molecule has 0 unspecified atom stereocenters. The van der Waals surface area contributed by atoms with E-state index in [-0.39, 0.29) is 11.3 Å². The lowest BCUT2D eigenvalue weighted by atomic mass is 9.69. The van der Waals surface area contributed by atoms with Crippen LogP contribution in [0.1, 0.15) is 37.7 Å². The van der Waals surface area contributed by atoms with Gasteiger partial charge in [0.1, 0.15) is 0 Å². The Morgan fingerprint density at radius 3 is 2.50 bits per heavy atom. The van der Waals surface area contributed by atoms with E-state index in [0.29, 0.717) is 17.3 Å². The molecule has 1 fully saturated rings. The second kappa shape index (κ2) is 5.60. The standard InChI is InChI=1S/C14H16BrFO4/c1-20-9-7-8(15)10(11(16)12(9)17)14(13(18)19)5-3-2-4-6-14/h7,17H,2-6H2,1H3,(H,18,19). The number of ether oxygens (including phenoxy) is 1. The van der Waals surface area contributed by atoms with Crippen molar-refractivity contribution in [3.63, 3.8) is 0 Å². The monoisotopic (exact) mass is 346 g/mol. The number of aromatic hydroxyl groups is 1. The van der Waals surface area contributed by atoms with Crippen molar-refractivity contribution in [3.05, 3.63) is 21.9 Å². The summed E-state index contributed by atoms with van der Waals surface area (Å²) in [6, 6.07) is 1.41. The van der Waals surface area contributed by atoms with E-state index in [1.54, 1.807) is 0 Å². The van der Waals surface area contributed by atoms with Gasteiger partial charge in [-0.15, -0.1) is 0 Å². The molecule has 0 aromatic heterocycles. The van der Waals surface area contributed by atoms with Gasteiger partial charge in [0.25, 0.3) is 0 Å². The van der Waals surface area contributed by atoms with E-state index in [2.05, 4.69) is 15.9 Å². The largest absolute Gasteiger partial charge is 0.502 e. The van der Waals surface area contributed by atoms with Crippen LogP contribution in [0, 0.1) is 5.82 Å². The SMILES string of the molecule is COc1cc(Br)c(C2(C(=O)O)CCCCC2)c(F)c1O. The second-order valence-corrected chi connectivity index (χ2v) is 5.90. The molecule has 0 atom stereocenters. The normalized spacial score (nSPS) is 17.8. The molecule has 0 radical (unpaired) electrons. The van der Waals surface area contributed by atoms with Gasteiger partial charge in [0.15, 0.2) is 17.3 Å².